The van der Waals surface area contributed by atoms with Crippen molar-refractivity contribution in [2.75, 3.05) is 0 Å². The van der Waals surface area contributed by atoms with Crippen LogP contribution >= 0.6 is 33.3 Å². The summed E-state index contributed by atoms with van der Waals surface area (Å²) in [6.45, 7) is 0. The molecule has 0 aliphatic heterocycles. The van der Waals surface area contributed by atoms with Gasteiger partial charge in [0, 0.05) is 26.6 Å². The summed E-state index contributed by atoms with van der Waals surface area (Å²) < 4.78 is 46.8. The van der Waals surface area contributed by atoms with Crippen LogP contribution < -0.4 is 0 Å². The number of aromatic nitrogens is 1. The molecular weight excluding hydrogens is 350 g/mol. The van der Waals surface area contributed by atoms with Crippen molar-refractivity contribution in [1.82, 2.24) is 4.98 Å². The molecule has 0 aliphatic rings. The highest BCUT2D eigenvalue weighted by molar-refractivity contribution is 14.1. The monoisotopic (exact) mass is 353 g/mol. The number of pyridine rings is 1. The van der Waals surface area contributed by atoms with E-state index in [9.17, 15) is 17.2 Å². The second-order valence-electron chi connectivity index (χ2n) is 2.27. The smallest absolute Gasteiger partial charge is 0.262 e. The summed E-state index contributed by atoms with van der Waals surface area (Å²) in [6, 6.07) is 0. The second kappa shape index (κ2) is 4.23. The van der Waals surface area contributed by atoms with Crippen molar-refractivity contribution in [3.63, 3.8) is 0 Å². The topological polar surface area (TPSA) is 47.0 Å². The largest absolute Gasteiger partial charge is 0.266 e. The third kappa shape index (κ3) is 2.51. The normalized spacial score (nSPS) is 12.1. The fraction of sp³-hybridized carbons (Fsp3) is 0.167. The average molecular weight is 354 g/mol. The number of nitrogens with zero attached hydrogens (tertiary/aromatic N) is 1. The summed E-state index contributed by atoms with van der Waals surface area (Å²) in [5.41, 5.74) is -0.601. The highest BCUT2D eigenvalue weighted by Crippen LogP contribution is 2.31. The molecule has 1 aromatic heterocycles. The molecule has 8 heteroatoms. The van der Waals surface area contributed by atoms with E-state index in [1.807, 2.05) is 0 Å². The van der Waals surface area contributed by atoms with Crippen LogP contribution in [-0.4, -0.2) is 13.4 Å². The van der Waals surface area contributed by atoms with Gasteiger partial charge in [-0.3, -0.25) is 4.98 Å². The second-order valence-corrected chi connectivity index (χ2v) is 5.97. The third-order valence-electron chi connectivity index (χ3n) is 1.38. The lowest BCUT2D eigenvalue weighted by Gasteiger charge is -2.06. The molecule has 0 unspecified atom stereocenters. The molecule has 0 bridgehead atoms. The summed E-state index contributed by atoms with van der Waals surface area (Å²) >= 11 is 1.58. The summed E-state index contributed by atoms with van der Waals surface area (Å²) in [6.07, 6.45) is -0.937. The van der Waals surface area contributed by atoms with Gasteiger partial charge in [0.05, 0.1) is 5.56 Å². The van der Waals surface area contributed by atoms with E-state index in [2.05, 4.69) is 4.98 Å². The molecule has 0 atom stereocenters. The minimum Gasteiger partial charge on any atom is -0.262 e. The fourth-order valence-corrected chi connectivity index (χ4v) is 2.72. The van der Waals surface area contributed by atoms with Crippen LogP contribution in [0.1, 0.15) is 12.0 Å². The highest BCUT2D eigenvalue weighted by atomic mass is 127. The van der Waals surface area contributed by atoms with E-state index in [0.29, 0.717) is 0 Å². The van der Waals surface area contributed by atoms with Crippen LogP contribution in [0.15, 0.2) is 17.3 Å². The van der Waals surface area contributed by atoms with Gasteiger partial charge in [-0.05, 0) is 22.6 Å². The predicted octanol–water partition coefficient (Wildman–Crippen LogP) is 2.55. The maximum Gasteiger partial charge on any atom is 0.266 e. The van der Waals surface area contributed by atoms with Gasteiger partial charge in [0.2, 0.25) is 0 Å². The van der Waals surface area contributed by atoms with Crippen LogP contribution in [0.2, 0.25) is 0 Å². The van der Waals surface area contributed by atoms with Crippen LogP contribution in [0, 0.1) is 3.57 Å². The van der Waals surface area contributed by atoms with Gasteiger partial charge in [-0.2, -0.15) is 0 Å². The molecular formula is C6H3ClF2INO2S. The standard InChI is InChI=1S/C6H3ClF2INO2S/c7-14(12,13)4-2-11-1-3(10)5(4)6(8)9/h1-2,6H. The number of hydrogen-bond donors (Lipinski definition) is 0. The first-order valence-corrected chi connectivity index (χ1v) is 6.59. The van der Waals surface area contributed by atoms with E-state index in [0.717, 1.165) is 12.4 Å². The van der Waals surface area contributed by atoms with E-state index < -0.39 is 25.9 Å². The Morgan fingerprint density at radius 3 is 2.36 bits per heavy atom. The number of alkyl halides is 2. The van der Waals surface area contributed by atoms with Crippen LogP contribution in [-0.2, 0) is 9.05 Å². The number of halogens is 4. The van der Waals surface area contributed by atoms with Gasteiger partial charge >= 0.3 is 0 Å². The molecule has 0 amide bonds. The SMILES string of the molecule is O=S(=O)(Cl)c1cncc(I)c1C(F)F. The third-order valence-corrected chi connectivity index (χ3v) is 3.59. The van der Waals surface area contributed by atoms with Crippen molar-refractivity contribution in [3.8, 4) is 0 Å². The lowest BCUT2D eigenvalue weighted by Crippen LogP contribution is -2.02. The van der Waals surface area contributed by atoms with Crippen molar-refractivity contribution in [3.05, 3.63) is 21.5 Å². The van der Waals surface area contributed by atoms with E-state index in [1.54, 1.807) is 22.6 Å². The van der Waals surface area contributed by atoms with Crippen molar-refractivity contribution in [2.24, 2.45) is 0 Å². The van der Waals surface area contributed by atoms with Gasteiger partial charge in [-0.15, -0.1) is 0 Å². The Balaban J connectivity index is 3.52. The Bertz CT molecular complexity index is 451. The van der Waals surface area contributed by atoms with Gasteiger partial charge in [0.1, 0.15) is 4.90 Å². The molecule has 0 aliphatic carbocycles. The van der Waals surface area contributed by atoms with E-state index in [1.165, 1.54) is 0 Å². The lowest BCUT2D eigenvalue weighted by atomic mass is 10.3. The molecule has 0 saturated heterocycles. The van der Waals surface area contributed by atoms with Gasteiger partial charge in [0.15, 0.2) is 0 Å². The molecule has 1 aromatic rings. The Morgan fingerprint density at radius 2 is 2.00 bits per heavy atom. The first kappa shape index (κ1) is 12.1. The molecule has 1 rings (SSSR count). The minimum atomic E-state index is -4.18. The zero-order valence-corrected chi connectivity index (χ0v) is 10.1. The molecule has 1 heterocycles. The van der Waals surface area contributed by atoms with Gasteiger partial charge in [-0.1, -0.05) is 0 Å². The van der Waals surface area contributed by atoms with E-state index >= 15 is 0 Å². The Kier molecular flexibility index (Phi) is 3.64. The summed E-state index contributed by atoms with van der Waals surface area (Å²) in [4.78, 5) is 2.85. The number of rotatable bonds is 2. The van der Waals surface area contributed by atoms with Crippen molar-refractivity contribution in [2.45, 2.75) is 11.3 Å². The van der Waals surface area contributed by atoms with Crippen LogP contribution in [0.3, 0.4) is 0 Å². The fourth-order valence-electron chi connectivity index (χ4n) is 0.833. The minimum absolute atomic E-state index is 0.0688. The van der Waals surface area contributed by atoms with Gasteiger partial charge < -0.3 is 0 Å². The lowest BCUT2D eigenvalue weighted by molar-refractivity contribution is 0.147. The Labute approximate surface area is 97.0 Å². The maximum atomic E-state index is 12.5. The Hall–Kier alpha value is -0.0200. The quantitative estimate of drug-likeness (QED) is 0.606. The predicted molar refractivity (Wildman–Crippen MR) is 54.9 cm³/mol. The van der Waals surface area contributed by atoms with Crippen LogP contribution in [0.5, 0.6) is 0 Å². The van der Waals surface area contributed by atoms with Crippen LogP contribution in [0.4, 0.5) is 8.78 Å². The Morgan fingerprint density at radius 1 is 1.43 bits per heavy atom. The van der Waals surface area contributed by atoms with Crippen molar-refractivity contribution >= 4 is 42.3 Å². The van der Waals surface area contributed by atoms with Crippen molar-refractivity contribution < 1.29 is 17.2 Å². The average Bonchev–Trinajstić information content (AvgIpc) is 2.01. The molecule has 14 heavy (non-hydrogen) atoms. The molecule has 0 saturated carbocycles. The molecule has 3 nitrogen and oxygen atoms in total. The van der Waals surface area contributed by atoms with E-state index in [-0.39, 0.29) is 3.57 Å². The maximum absolute atomic E-state index is 12.5. The highest BCUT2D eigenvalue weighted by Gasteiger charge is 2.24. The zero-order valence-electron chi connectivity index (χ0n) is 6.42. The van der Waals surface area contributed by atoms with Crippen LogP contribution in [0.25, 0.3) is 0 Å². The molecule has 0 N–H and O–H groups in total. The first-order chi connectivity index (χ1) is 6.34. The summed E-state index contributed by atoms with van der Waals surface area (Å²) in [7, 11) is 0.799. The number of hydrogen-bond acceptors (Lipinski definition) is 3. The zero-order chi connectivity index (χ0) is 10.9. The summed E-state index contributed by atoms with van der Waals surface area (Å²) in [5, 5.41) is 0. The molecule has 0 fully saturated rings. The molecule has 78 valence electrons. The van der Waals surface area contributed by atoms with Crippen molar-refractivity contribution in [1.29, 1.82) is 0 Å². The molecule has 0 radical (unpaired) electrons. The first-order valence-electron chi connectivity index (χ1n) is 3.20. The van der Waals surface area contributed by atoms with E-state index in [4.69, 9.17) is 10.7 Å². The summed E-state index contributed by atoms with van der Waals surface area (Å²) in [5.74, 6) is 0. The molecule has 0 aromatic carbocycles. The van der Waals surface area contributed by atoms with Gasteiger partial charge in [0.25, 0.3) is 15.5 Å². The molecule has 0 spiro atoms. The van der Waals surface area contributed by atoms with Gasteiger partial charge in [-0.25, -0.2) is 17.2 Å².